The summed E-state index contributed by atoms with van der Waals surface area (Å²) in [5.74, 6) is 0.370. The number of imidazole rings is 1. The van der Waals surface area contributed by atoms with Crippen LogP contribution in [0.4, 0.5) is 5.69 Å². The molecule has 0 aliphatic heterocycles. The first-order chi connectivity index (χ1) is 11.4. The Morgan fingerprint density at radius 2 is 1.96 bits per heavy atom. The Kier molecular flexibility index (Phi) is 3.60. The van der Waals surface area contributed by atoms with E-state index in [4.69, 9.17) is 0 Å². The van der Waals surface area contributed by atoms with Gasteiger partial charge in [0.05, 0.1) is 4.92 Å². The highest BCUT2D eigenvalue weighted by Gasteiger charge is 2.12. The van der Waals surface area contributed by atoms with E-state index in [1.165, 1.54) is 30.8 Å². The summed E-state index contributed by atoms with van der Waals surface area (Å²) in [6, 6.07) is 6.11. The first-order valence-corrected chi connectivity index (χ1v) is 6.97. The number of nitrogens with one attached hydrogen (secondary N) is 1. The lowest BCUT2D eigenvalue weighted by atomic mass is 10.2. The van der Waals surface area contributed by atoms with Crippen LogP contribution in [-0.2, 0) is 14.1 Å². The number of aromatic nitrogens is 4. The number of aromatic amines is 1. The molecule has 1 N–H and O–H groups in total. The van der Waals surface area contributed by atoms with Crippen LogP contribution in [0.2, 0.25) is 0 Å². The van der Waals surface area contributed by atoms with Crippen molar-refractivity contribution in [1.82, 2.24) is 19.1 Å². The zero-order valence-electron chi connectivity index (χ0n) is 12.9. The largest absolute Gasteiger partial charge is 0.333 e. The molecule has 0 aliphatic carbocycles. The lowest BCUT2D eigenvalue weighted by Crippen LogP contribution is -2.36. The zero-order chi connectivity index (χ0) is 17.4. The second-order valence-corrected chi connectivity index (χ2v) is 5.21. The van der Waals surface area contributed by atoms with Crippen LogP contribution in [0.25, 0.3) is 23.3 Å². The normalized spacial score (nSPS) is 11.4. The molecule has 9 nitrogen and oxygen atoms in total. The summed E-state index contributed by atoms with van der Waals surface area (Å²) in [6.07, 6.45) is 3.22. The molecule has 0 fully saturated rings. The van der Waals surface area contributed by atoms with Gasteiger partial charge in [-0.1, -0.05) is 18.2 Å². The number of nitrogens with zero attached hydrogens (tertiary/aromatic N) is 4. The minimum atomic E-state index is -0.474. The molecule has 0 amide bonds. The van der Waals surface area contributed by atoms with Crippen molar-refractivity contribution in [1.29, 1.82) is 0 Å². The van der Waals surface area contributed by atoms with Crippen molar-refractivity contribution in [3.63, 3.8) is 0 Å². The fraction of sp³-hybridized carbons (Fsp3) is 0.133. The lowest BCUT2D eigenvalue weighted by Gasteiger charge is -2.00. The Balaban J connectivity index is 2.05. The highest BCUT2D eigenvalue weighted by Crippen LogP contribution is 2.15. The van der Waals surface area contributed by atoms with E-state index >= 15 is 0 Å². The number of H-pyrrole nitrogens is 1. The topological polar surface area (TPSA) is 116 Å². The van der Waals surface area contributed by atoms with Gasteiger partial charge in [0.2, 0.25) is 0 Å². The second-order valence-electron chi connectivity index (χ2n) is 5.21. The van der Waals surface area contributed by atoms with E-state index in [-0.39, 0.29) is 16.9 Å². The van der Waals surface area contributed by atoms with Crippen molar-refractivity contribution >= 4 is 29.0 Å². The van der Waals surface area contributed by atoms with E-state index in [1.54, 1.807) is 24.3 Å². The molecule has 0 bridgehead atoms. The summed E-state index contributed by atoms with van der Waals surface area (Å²) in [4.78, 5) is 41.4. The van der Waals surface area contributed by atoms with Gasteiger partial charge in [0, 0.05) is 26.2 Å². The van der Waals surface area contributed by atoms with Crippen LogP contribution in [0.1, 0.15) is 11.4 Å². The molecule has 122 valence electrons. The van der Waals surface area contributed by atoms with Gasteiger partial charge in [-0.25, -0.2) is 9.78 Å². The van der Waals surface area contributed by atoms with E-state index in [1.807, 2.05) is 0 Å². The van der Waals surface area contributed by atoms with Gasteiger partial charge in [0.25, 0.3) is 11.2 Å². The van der Waals surface area contributed by atoms with E-state index in [2.05, 4.69) is 9.97 Å². The monoisotopic (exact) mass is 327 g/mol. The fourth-order valence-electron chi connectivity index (χ4n) is 2.34. The van der Waals surface area contributed by atoms with Crippen LogP contribution >= 0.6 is 0 Å². The van der Waals surface area contributed by atoms with Crippen molar-refractivity contribution in [3.05, 3.63) is 66.6 Å². The first kappa shape index (κ1) is 15.4. The molecule has 0 aliphatic rings. The van der Waals surface area contributed by atoms with Gasteiger partial charge < -0.3 is 4.98 Å². The molecule has 3 rings (SSSR count). The Bertz CT molecular complexity index is 1100. The maximum Gasteiger partial charge on any atom is 0.332 e. The van der Waals surface area contributed by atoms with E-state index in [0.717, 1.165) is 4.57 Å². The highest BCUT2D eigenvalue weighted by molar-refractivity contribution is 5.75. The predicted molar refractivity (Wildman–Crippen MR) is 88.6 cm³/mol. The molecule has 0 spiro atoms. The van der Waals surface area contributed by atoms with Gasteiger partial charge in [-0.15, -0.1) is 0 Å². The third kappa shape index (κ3) is 2.51. The number of hydrogen-bond acceptors (Lipinski definition) is 5. The Morgan fingerprint density at radius 1 is 1.21 bits per heavy atom. The number of aryl methyl sites for hydroxylation is 1. The minimum Gasteiger partial charge on any atom is -0.333 e. The molecule has 2 heterocycles. The molecule has 0 saturated heterocycles. The van der Waals surface area contributed by atoms with Crippen molar-refractivity contribution in [3.8, 4) is 0 Å². The summed E-state index contributed by atoms with van der Waals surface area (Å²) in [7, 11) is 2.92. The lowest BCUT2D eigenvalue weighted by molar-refractivity contribution is -0.384. The number of fused-ring (bicyclic) bond motifs is 1. The maximum absolute atomic E-state index is 12.1. The predicted octanol–water partition coefficient (Wildman–Crippen LogP) is 1.04. The number of hydrogen-bond donors (Lipinski definition) is 1. The van der Waals surface area contributed by atoms with E-state index in [0.29, 0.717) is 11.4 Å². The maximum atomic E-state index is 12.1. The van der Waals surface area contributed by atoms with Gasteiger partial charge in [-0.3, -0.25) is 24.0 Å². The summed E-state index contributed by atoms with van der Waals surface area (Å²) in [5.41, 5.74) is 0.147. The number of benzene rings is 1. The van der Waals surface area contributed by atoms with Gasteiger partial charge in [-0.2, -0.15) is 0 Å². The van der Waals surface area contributed by atoms with Crippen LogP contribution in [0.5, 0.6) is 0 Å². The van der Waals surface area contributed by atoms with Crippen LogP contribution in [0.15, 0.2) is 33.9 Å². The Hall–Kier alpha value is -3.49. The van der Waals surface area contributed by atoms with Crippen LogP contribution in [0, 0.1) is 10.1 Å². The molecule has 0 radical (unpaired) electrons. The van der Waals surface area contributed by atoms with Crippen molar-refractivity contribution in [2.45, 2.75) is 0 Å². The highest BCUT2D eigenvalue weighted by atomic mass is 16.6. The van der Waals surface area contributed by atoms with E-state index in [9.17, 15) is 19.7 Å². The molecule has 24 heavy (non-hydrogen) atoms. The van der Waals surface area contributed by atoms with E-state index < -0.39 is 16.2 Å². The van der Waals surface area contributed by atoms with Gasteiger partial charge in [-0.05, 0) is 11.6 Å². The summed E-state index contributed by atoms with van der Waals surface area (Å²) in [5, 5.41) is 10.8. The molecule has 0 atom stereocenters. The molecule has 3 aromatic rings. The molecule has 1 aromatic carbocycles. The number of rotatable bonds is 3. The molecule has 0 unspecified atom stereocenters. The SMILES string of the molecule is Cn1c(=O)c2[nH]c(/C=C/c3cccc([N+](=O)[O-])c3)nc2n(C)c1=O. The molecular weight excluding hydrogens is 314 g/mol. The van der Waals surface area contributed by atoms with Crippen LogP contribution in [-0.4, -0.2) is 24.0 Å². The fourth-order valence-corrected chi connectivity index (χ4v) is 2.34. The van der Waals surface area contributed by atoms with Gasteiger partial charge in [0.15, 0.2) is 5.65 Å². The zero-order valence-corrected chi connectivity index (χ0v) is 12.9. The quantitative estimate of drug-likeness (QED) is 0.570. The average Bonchev–Trinajstić information content (AvgIpc) is 3.01. The van der Waals surface area contributed by atoms with Crippen LogP contribution < -0.4 is 11.2 Å². The first-order valence-electron chi connectivity index (χ1n) is 6.97. The van der Waals surface area contributed by atoms with Crippen molar-refractivity contribution in [2.75, 3.05) is 0 Å². The number of non-ortho nitro benzene ring substituents is 1. The third-order valence-electron chi connectivity index (χ3n) is 3.63. The number of nitro groups is 1. The Labute approximate surface area is 134 Å². The van der Waals surface area contributed by atoms with Crippen LogP contribution in [0.3, 0.4) is 0 Å². The molecule has 9 heteroatoms. The summed E-state index contributed by atoms with van der Waals surface area (Å²) < 4.78 is 2.27. The number of nitro benzene ring substituents is 1. The molecule has 2 aromatic heterocycles. The smallest absolute Gasteiger partial charge is 0.332 e. The second kappa shape index (κ2) is 5.61. The Morgan fingerprint density at radius 3 is 2.67 bits per heavy atom. The summed E-state index contributed by atoms with van der Waals surface area (Å²) >= 11 is 0. The van der Waals surface area contributed by atoms with Gasteiger partial charge in [0.1, 0.15) is 11.3 Å². The summed E-state index contributed by atoms with van der Waals surface area (Å²) in [6.45, 7) is 0. The van der Waals surface area contributed by atoms with Crippen molar-refractivity contribution in [2.24, 2.45) is 14.1 Å². The standard InChI is InChI=1S/C15H13N5O4/c1-18-13-12(14(21)19(2)15(18)22)16-11(17-13)7-6-9-4-3-5-10(8-9)20(23)24/h3-8H,1-2H3,(H,16,17)/b7-6+. The van der Waals surface area contributed by atoms with Crippen molar-refractivity contribution < 1.29 is 4.92 Å². The molecule has 0 saturated carbocycles. The third-order valence-corrected chi connectivity index (χ3v) is 3.63. The van der Waals surface area contributed by atoms with Gasteiger partial charge >= 0.3 is 5.69 Å². The minimum absolute atomic E-state index is 0.0157. The average molecular weight is 327 g/mol. The molecular formula is C15H13N5O4.